The lowest BCUT2D eigenvalue weighted by Gasteiger charge is -2.33. The molecule has 5 rings (SSSR count). The molecule has 1 aromatic heterocycles. The van der Waals surface area contributed by atoms with Gasteiger partial charge in [0, 0.05) is 47.6 Å². The average Bonchev–Trinajstić information content (AvgIpc) is 2.95. The van der Waals surface area contributed by atoms with Crippen molar-refractivity contribution in [2.75, 3.05) is 13.1 Å². The van der Waals surface area contributed by atoms with Crippen LogP contribution in [0.2, 0.25) is 0 Å². The molecule has 4 aromatic rings. The Kier molecular flexibility index (Phi) is 7.59. The maximum absolute atomic E-state index is 13.5. The molecule has 2 heterocycles. The molecule has 0 saturated carbocycles. The molecule has 5 nitrogen and oxygen atoms in total. The van der Waals surface area contributed by atoms with Gasteiger partial charge in [-0.15, -0.1) is 0 Å². The number of carboxylic acids is 1. The number of benzene rings is 3. The van der Waals surface area contributed by atoms with Gasteiger partial charge in [-0.3, -0.25) is 14.6 Å². The number of unbranched alkanes of at least 4 members (excludes halogenated alkanes) is 1. The molecule has 37 heavy (non-hydrogen) atoms. The molecule has 3 aromatic carbocycles. The van der Waals surface area contributed by atoms with Crippen LogP contribution in [0.3, 0.4) is 0 Å². The summed E-state index contributed by atoms with van der Waals surface area (Å²) in [5.41, 5.74) is 5.85. The first-order valence-electron chi connectivity index (χ1n) is 13.1. The molecular formula is C32H32N2O3. The molecule has 5 heteroatoms. The summed E-state index contributed by atoms with van der Waals surface area (Å²) in [4.78, 5) is 31.4. The maximum atomic E-state index is 13.5. The summed E-state index contributed by atoms with van der Waals surface area (Å²) >= 11 is 0. The first-order chi connectivity index (χ1) is 18.1. The third kappa shape index (κ3) is 5.88. The van der Waals surface area contributed by atoms with E-state index in [4.69, 9.17) is 10.1 Å². The molecule has 0 spiro atoms. The second-order valence-corrected chi connectivity index (χ2v) is 9.86. The van der Waals surface area contributed by atoms with E-state index >= 15 is 0 Å². The fourth-order valence-electron chi connectivity index (χ4n) is 5.31. The Balaban J connectivity index is 1.41. The molecule has 1 aliphatic rings. The normalized spacial score (nSPS) is 15.6. The van der Waals surface area contributed by atoms with Crippen molar-refractivity contribution in [1.29, 1.82) is 0 Å². The topological polar surface area (TPSA) is 70.5 Å². The summed E-state index contributed by atoms with van der Waals surface area (Å²) in [6.45, 7) is 1.51. The van der Waals surface area contributed by atoms with Crippen LogP contribution < -0.4 is 0 Å². The number of pyridine rings is 1. The summed E-state index contributed by atoms with van der Waals surface area (Å²) in [6.07, 6.45) is 4.30. The molecule has 1 saturated heterocycles. The van der Waals surface area contributed by atoms with Crippen molar-refractivity contribution in [1.82, 2.24) is 9.88 Å². The Bertz CT molecular complexity index is 1390. The van der Waals surface area contributed by atoms with E-state index in [0.29, 0.717) is 24.3 Å². The summed E-state index contributed by atoms with van der Waals surface area (Å²) in [5.74, 6) is -0.354. The number of hydrogen-bond donors (Lipinski definition) is 1. The number of carbonyl (C=O) groups excluding carboxylic acids is 1. The number of aromatic nitrogens is 1. The monoisotopic (exact) mass is 492 g/mol. The Labute approximate surface area is 217 Å². The van der Waals surface area contributed by atoms with Crippen LogP contribution in [0, 0.1) is 0 Å². The molecule has 1 amide bonds. The van der Waals surface area contributed by atoms with Crippen molar-refractivity contribution < 1.29 is 14.7 Å². The number of fused-ring (bicyclic) bond motifs is 1. The Morgan fingerprint density at radius 2 is 1.68 bits per heavy atom. The zero-order chi connectivity index (χ0) is 25.6. The van der Waals surface area contributed by atoms with E-state index in [9.17, 15) is 9.59 Å². The smallest absolute Gasteiger partial charge is 0.303 e. The molecule has 0 radical (unpaired) electrons. The number of aliphatic carboxylic acids is 1. The van der Waals surface area contributed by atoms with Gasteiger partial charge in [0.15, 0.2) is 0 Å². The van der Waals surface area contributed by atoms with Gasteiger partial charge in [-0.05, 0) is 61.4 Å². The molecule has 1 aliphatic heterocycles. The number of aryl methyl sites for hydroxylation is 1. The third-order valence-corrected chi connectivity index (χ3v) is 7.26. The van der Waals surface area contributed by atoms with Crippen LogP contribution in [-0.4, -0.2) is 40.0 Å². The molecule has 1 atom stereocenters. The van der Waals surface area contributed by atoms with Gasteiger partial charge in [0.2, 0.25) is 0 Å². The summed E-state index contributed by atoms with van der Waals surface area (Å²) in [5, 5.41) is 10.00. The predicted molar refractivity (Wildman–Crippen MR) is 147 cm³/mol. The third-order valence-electron chi connectivity index (χ3n) is 7.26. The number of carbonyl (C=O) groups is 2. The molecule has 0 aliphatic carbocycles. The SMILES string of the molecule is O=C(O)CCCCc1nc2cc(C(=O)N3CCCC(c4ccccc4)C3)ccc2cc1-c1ccccc1. The number of likely N-dealkylation sites (tertiary alicyclic amines) is 1. The van der Waals surface area contributed by atoms with Crippen molar-refractivity contribution in [2.24, 2.45) is 0 Å². The van der Waals surface area contributed by atoms with Crippen LogP contribution in [-0.2, 0) is 11.2 Å². The highest BCUT2D eigenvalue weighted by molar-refractivity contribution is 5.98. The van der Waals surface area contributed by atoms with E-state index in [2.05, 4.69) is 42.5 Å². The standard InChI is InChI=1S/C32H32N2O3/c35-31(36)16-8-7-15-29-28(24-12-5-2-6-13-24)20-25-17-18-26(21-30(25)33-29)32(37)34-19-9-14-27(22-34)23-10-3-1-4-11-23/h1-6,10-13,17-18,20-21,27H,7-9,14-16,19,22H2,(H,35,36). The highest BCUT2D eigenvalue weighted by atomic mass is 16.4. The molecule has 0 bridgehead atoms. The average molecular weight is 493 g/mol. The lowest BCUT2D eigenvalue weighted by molar-refractivity contribution is -0.137. The number of piperidine rings is 1. The van der Waals surface area contributed by atoms with Crippen molar-refractivity contribution in [3.05, 3.63) is 102 Å². The van der Waals surface area contributed by atoms with E-state index in [-0.39, 0.29) is 12.3 Å². The Morgan fingerprint density at radius 3 is 2.43 bits per heavy atom. The quantitative estimate of drug-likeness (QED) is 0.277. The summed E-state index contributed by atoms with van der Waals surface area (Å²) in [7, 11) is 0. The highest BCUT2D eigenvalue weighted by Gasteiger charge is 2.25. The predicted octanol–water partition coefficient (Wildman–Crippen LogP) is 6.72. The van der Waals surface area contributed by atoms with Crippen molar-refractivity contribution in [3.63, 3.8) is 0 Å². The van der Waals surface area contributed by atoms with E-state index < -0.39 is 5.97 Å². The second kappa shape index (κ2) is 11.4. The molecule has 1 N–H and O–H groups in total. The molecule has 1 fully saturated rings. The largest absolute Gasteiger partial charge is 0.481 e. The number of rotatable bonds is 8. The molecule has 1 unspecified atom stereocenters. The van der Waals surface area contributed by atoms with Crippen LogP contribution in [0.25, 0.3) is 22.0 Å². The van der Waals surface area contributed by atoms with Crippen LogP contribution in [0.1, 0.15) is 59.6 Å². The van der Waals surface area contributed by atoms with Gasteiger partial charge >= 0.3 is 5.97 Å². The summed E-state index contributed by atoms with van der Waals surface area (Å²) in [6, 6.07) is 28.6. The van der Waals surface area contributed by atoms with Gasteiger partial charge in [-0.1, -0.05) is 66.7 Å². The van der Waals surface area contributed by atoms with E-state index in [1.54, 1.807) is 0 Å². The van der Waals surface area contributed by atoms with Gasteiger partial charge in [-0.2, -0.15) is 0 Å². The van der Waals surface area contributed by atoms with Gasteiger partial charge in [-0.25, -0.2) is 0 Å². The Morgan fingerprint density at radius 1 is 0.919 bits per heavy atom. The van der Waals surface area contributed by atoms with Gasteiger partial charge < -0.3 is 10.0 Å². The fourth-order valence-corrected chi connectivity index (χ4v) is 5.31. The Hall–Kier alpha value is -3.99. The lowest BCUT2D eigenvalue weighted by Crippen LogP contribution is -2.39. The number of amides is 1. The maximum Gasteiger partial charge on any atom is 0.303 e. The first kappa shape index (κ1) is 24.7. The zero-order valence-corrected chi connectivity index (χ0v) is 21.0. The van der Waals surface area contributed by atoms with Crippen LogP contribution in [0.4, 0.5) is 0 Å². The van der Waals surface area contributed by atoms with Crippen molar-refractivity contribution in [3.8, 4) is 11.1 Å². The molecule has 188 valence electrons. The minimum atomic E-state index is -0.773. The van der Waals surface area contributed by atoms with E-state index in [1.807, 2.05) is 47.4 Å². The van der Waals surface area contributed by atoms with Gasteiger partial charge in [0.25, 0.3) is 5.91 Å². The van der Waals surface area contributed by atoms with Crippen LogP contribution >= 0.6 is 0 Å². The van der Waals surface area contributed by atoms with Gasteiger partial charge in [0.1, 0.15) is 0 Å². The van der Waals surface area contributed by atoms with Gasteiger partial charge in [0.05, 0.1) is 5.52 Å². The number of nitrogens with zero attached hydrogens (tertiary/aromatic N) is 2. The van der Waals surface area contributed by atoms with Crippen molar-refractivity contribution >= 4 is 22.8 Å². The van der Waals surface area contributed by atoms with E-state index in [1.165, 1.54) is 5.56 Å². The van der Waals surface area contributed by atoms with Crippen molar-refractivity contribution in [2.45, 2.75) is 44.4 Å². The summed E-state index contributed by atoms with van der Waals surface area (Å²) < 4.78 is 0. The van der Waals surface area contributed by atoms with Crippen LogP contribution in [0.15, 0.2) is 84.9 Å². The van der Waals surface area contributed by atoms with E-state index in [0.717, 1.165) is 60.1 Å². The fraction of sp³-hybridized carbons (Fsp3) is 0.281. The number of carboxylic acid groups (broad SMARTS) is 1. The van der Waals surface area contributed by atoms with Crippen LogP contribution in [0.5, 0.6) is 0 Å². The zero-order valence-electron chi connectivity index (χ0n) is 21.0. The lowest BCUT2D eigenvalue weighted by atomic mass is 9.90. The second-order valence-electron chi connectivity index (χ2n) is 9.86. The highest BCUT2D eigenvalue weighted by Crippen LogP contribution is 2.30. The number of hydrogen-bond acceptors (Lipinski definition) is 3. The molecular weight excluding hydrogens is 460 g/mol. The first-order valence-corrected chi connectivity index (χ1v) is 13.1. The minimum absolute atomic E-state index is 0.0551. The minimum Gasteiger partial charge on any atom is -0.481 e.